The first-order chi connectivity index (χ1) is 9.72. The molecular weight excluding hydrogens is 322 g/mol. The summed E-state index contributed by atoms with van der Waals surface area (Å²) in [4.78, 5) is 12.1. The second-order valence-electron chi connectivity index (χ2n) is 4.45. The minimum absolute atomic E-state index is 0.0949. The molecule has 2 aromatic heterocycles. The van der Waals surface area contributed by atoms with E-state index >= 15 is 0 Å². The van der Waals surface area contributed by atoms with Crippen LogP contribution in [0.4, 0.5) is 5.69 Å². The fourth-order valence-corrected chi connectivity index (χ4v) is 2.24. The fourth-order valence-electron chi connectivity index (χ4n) is 1.79. The largest absolute Gasteiger partial charge is 0.381 e. The van der Waals surface area contributed by atoms with Crippen LogP contribution in [-0.4, -0.2) is 26.1 Å². The van der Waals surface area contributed by atoms with E-state index in [0.717, 1.165) is 25.1 Å². The topological polar surface area (TPSA) is 64.7 Å². The Hall–Kier alpha value is -1.63. The average molecular weight is 340 g/mol. The molecule has 20 heavy (non-hydrogen) atoms. The zero-order chi connectivity index (χ0) is 14.4. The van der Waals surface area contributed by atoms with Gasteiger partial charge in [0, 0.05) is 25.5 Å². The van der Waals surface area contributed by atoms with E-state index in [-0.39, 0.29) is 5.56 Å². The summed E-state index contributed by atoms with van der Waals surface area (Å²) in [6, 6.07) is 1.88. The number of halogens is 1. The summed E-state index contributed by atoms with van der Waals surface area (Å²) >= 11 is 3.34. The zero-order valence-corrected chi connectivity index (χ0v) is 13.0. The highest BCUT2D eigenvalue weighted by molar-refractivity contribution is 9.10. The summed E-state index contributed by atoms with van der Waals surface area (Å²) in [6.45, 7) is 4.16. The van der Waals surface area contributed by atoms with Gasteiger partial charge in [0.25, 0.3) is 5.56 Å². The monoisotopic (exact) mass is 339 g/mol. The molecule has 0 aromatic carbocycles. The number of rotatable bonds is 7. The molecule has 0 saturated carbocycles. The number of anilines is 1. The molecule has 1 N–H and O–H groups in total. The number of aromatic nitrogens is 4. The van der Waals surface area contributed by atoms with E-state index in [1.165, 1.54) is 4.68 Å². The van der Waals surface area contributed by atoms with Gasteiger partial charge in [-0.2, -0.15) is 10.2 Å². The molecule has 0 atom stereocenters. The summed E-state index contributed by atoms with van der Waals surface area (Å²) in [6.07, 6.45) is 7.31. The lowest BCUT2D eigenvalue weighted by molar-refractivity contribution is 0.541. The lowest BCUT2D eigenvalue weighted by Crippen LogP contribution is -2.25. The van der Waals surface area contributed by atoms with Crippen LogP contribution >= 0.6 is 15.9 Å². The highest BCUT2D eigenvalue weighted by Crippen LogP contribution is 2.15. The molecule has 2 heterocycles. The van der Waals surface area contributed by atoms with Crippen molar-refractivity contribution in [3.05, 3.63) is 39.5 Å². The highest BCUT2D eigenvalue weighted by Gasteiger charge is 2.08. The summed E-state index contributed by atoms with van der Waals surface area (Å²) in [5.41, 5.74) is 0.623. The third kappa shape index (κ3) is 3.69. The quantitative estimate of drug-likeness (QED) is 0.839. The van der Waals surface area contributed by atoms with E-state index in [0.29, 0.717) is 17.6 Å². The summed E-state index contributed by atoms with van der Waals surface area (Å²) in [5, 5.41) is 11.5. The number of nitrogens with one attached hydrogen (secondary N) is 1. The van der Waals surface area contributed by atoms with E-state index in [2.05, 4.69) is 38.4 Å². The van der Waals surface area contributed by atoms with Crippen LogP contribution in [0.5, 0.6) is 0 Å². The lowest BCUT2D eigenvalue weighted by atomic mass is 10.3. The Labute approximate surface area is 125 Å². The molecule has 0 aliphatic rings. The number of unbranched alkanes of at least 4 members (excludes halogenated alkanes) is 1. The van der Waals surface area contributed by atoms with E-state index in [1.54, 1.807) is 12.4 Å². The van der Waals surface area contributed by atoms with Crippen molar-refractivity contribution in [1.29, 1.82) is 0 Å². The molecule has 108 valence electrons. The Kier molecular flexibility index (Phi) is 5.34. The van der Waals surface area contributed by atoms with Crippen LogP contribution in [0.3, 0.4) is 0 Å². The van der Waals surface area contributed by atoms with Crippen molar-refractivity contribution in [2.75, 3.05) is 11.9 Å². The van der Waals surface area contributed by atoms with Crippen molar-refractivity contribution >= 4 is 21.6 Å². The molecule has 0 spiro atoms. The van der Waals surface area contributed by atoms with Gasteiger partial charge in [-0.1, -0.05) is 13.3 Å². The van der Waals surface area contributed by atoms with E-state index in [1.807, 2.05) is 16.9 Å². The zero-order valence-electron chi connectivity index (χ0n) is 11.4. The van der Waals surface area contributed by atoms with Gasteiger partial charge in [-0.05, 0) is 28.4 Å². The molecular formula is C13H18BrN5O. The van der Waals surface area contributed by atoms with Crippen LogP contribution in [0.15, 0.2) is 33.9 Å². The minimum atomic E-state index is -0.0949. The Balaban J connectivity index is 1.98. The summed E-state index contributed by atoms with van der Waals surface area (Å²) in [7, 11) is 0. The predicted molar refractivity (Wildman–Crippen MR) is 81.8 cm³/mol. The Morgan fingerprint density at radius 3 is 2.90 bits per heavy atom. The SMILES string of the molecule is CCCCn1ncc(NCCn2cccn2)c(Br)c1=O. The van der Waals surface area contributed by atoms with Crippen LogP contribution in [0, 0.1) is 0 Å². The van der Waals surface area contributed by atoms with E-state index in [4.69, 9.17) is 0 Å². The van der Waals surface area contributed by atoms with Crippen molar-refractivity contribution in [3.8, 4) is 0 Å². The second kappa shape index (κ2) is 7.23. The molecule has 0 amide bonds. The number of hydrogen-bond donors (Lipinski definition) is 1. The van der Waals surface area contributed by atoms with E-state index < -0.39 is 0 Å². The number of nitrogens with zero attached hydrogens (tertiary/aromatic N) is 4. The van der Waals surface area contributed by atoms with Crippen LogP contribution < -0.4 is 10.9 Å². The van der Waals surface area contributed by atoms with Gasteiger partial charge in [0.1, 0.15) is 4.47 Å². The molecule has 7 heteroatoms. The first kappa shape index (κ1) is 14.8. The standard InChI is InChI=1S/C13H18BrN5O/c1-2-3-8-19-13(20)12(14)11(10-17-19)15-6-9-18-7-4-5-16-18/h4-5,7,10,15H,2-3,6,8-9H2,1H3. The van der Waals surface area contributed by atoms with Gasteiger partial charge in [-0.25, -0.2) is 4.68 Å². The smallest absolute Gasteiger partial charge is 0.283 e. The van der Waals surface area contributed by atoms with Gasteiger partial charge in [0.2, 0.25) is 0 Å². The van der Waals surface area contributed by atoms with Crippen molar-refractivity contribution in [3.63, 3.8) is 0 Å². The Bertz CT molecular complexity index is 593. The summed E-state index contributed by atoms with van der Waals surface area (Å²) in [5.74, 6) is 0. The number of hydrogen-bond acceptors (Lipinski definition) is 4. The molecule has 0 bridgehead atoms. The maximum Gasteiger partial charge on any atom is 0.283 e. The molecule has 2 aromatic rings. The second-order valence-corrected chi connectivity index (χ2v) is 5.24. The van der Waals surface area contributed by atoms with Crippen molar-refractivity contribution in [2.45, 2.75) is 32.9 Å². The van der Waals surface area contributed by atoms with Crippen LogP contribution in [0.1, 0.15) is 19.8 Å². The third-order valence-corrected chi connectivity index (χ3v) is 3.69. The van der Waals surface area contributed by atoms with Gasteiger partial charge in [-0.15, -0.1) is 0 Å². The molecule has 6 nitrogen and oxygen atoms in total. The molecule has 2 rings (SSSR count). The molecule has 0 unspecified atom stereocenters. The normalized spacial score (nSPS) is 10.7. The van der Waals surface area contributed by atoms with Crippen LogP contribution in [-0.2, 0) is 13.1 Å². The van der Waals surface area contributed by atoms with Crippen molar-refractivity contribution in [2.24, 2.45) is 0 Å². The first-order valence-electron chi connectivity index (χ1n) is 6.69. The van der Waals surface area contributed by atoms with Gasteiger partial charge in [0.05, 0.1) is 18.4 Å². The molecule has 0 aliphatic carbocycles. The van der Waals surface area contributed by atoms with Gasteiger partial charge < -0.3 is 5.32 Å². The maximum atomic E-state index is 12.1. The Morgan fingerprint density at radius 1 is 1.35 bits per heavy atom. The van der Waals surface area contributed by atoms with Crippen molar-refractivity contribution in [1.82, 2.24) is 19.6 Å². The van der Waals surface area contributed by atoms with Gasteiger partial charge in [0.15, 0.2) is 0 Å². The average Bonchev–Trinajstić information content (AvgIpc) is 2.96. The van der Waals surface area contributed by atoms with Gasteiger partial charge in [-0.3, -0.25) is 9.48 Å². The maximum absolute atomic E-state index is 12.1. The third-order valence-electron chi connectivity index (χ3n) is 2.92. The minimum Gasteiger partial charge on any atom is -0.381 e. The first-order valence-corrected chi connectivity index (χ1v) is 7.48. The Morgan fingerprint density at radius 2 is 2.20 bits per heavy atom. The number of aryl methyl sites for hydroxylation is 1. The molecule has 0 fully saturated rings. The molecule has 0 saturated heterocycles. The van der Waals surface area contributed by atoms with Crippen LogP contribution in [0.2, 0.25) is 0 Å². The molecule has 0 aliphatic heterocycles. The van der Waals surface area contributed by atoms with Crippen molar-refractivity contribution < 1.29 is 0 Å². The highest BCUT2D eigenvalue weighted by atomic mass is 79.9. The van der Waals surface area contributed by atoms with Gasteiger partial charge >= 0.3 is 0 Å². The molecule has 0 radical (unpaired) electrons. The lowest BCUT2D eigenvalue weighted by Gasteiger charge is -2.10. The predicted octanol–water partition coefficient (Wildman–Crippen LogP) is 2.11. The van der Waals surface area contributed by atoms with Crippen LogP contribution in [0.25, 0.3) is 0 Å². The van der Waals surface area contributed by atoms with E-state index in [9.17, 15) is 4.79 Å². The summed E-state index contributed by atoms with van der Waals surface area (Å²) < 4.78 is 3.85. The fraction of sp³-hybridized carbons (Fsp3) is 0.462.